The van der Waals surface area contributed by atoms with Crippen LogP contribution in [0.4, 0.5) is 0 Å². The van der Waals surface area contributed by atoms with Crippen molar-refractivity contribution >= 4 is 60.1 Å². The molecule has 0 amide bonds. The number of fused-ring (bicyclic) bond motifs is 12. The summed E-state index contributed by atoms with van der Waals surface area (Å²) in [7, 11) is -19.0. The van der Waals surface area contributed by atoms with E-state index in [4.69, 9.17) is 25.9 Å². The molecular formula is C119H161N9O16S6. The molecule has 20 rings (SSSR count). The Morgan fingerprint density at radius 1 is 0.327 bits per heavy atom. The van der Waals surface area contributed by atoms with Gasteiger partial charge in [-0.1, -0.05) is 222 Å². The summed E-state index contributed by atoms with van der Waals surface area (Å²) in [5, 5.41) is 19.2. The van der Waals surface area contributed by atoms with Crippen molar-refractivity contribution in [2.75, 3.05) is 7.11 Å². The first-order chi connectivity index (χ1) is 70.0. The minimum Gasteiger partial charge on any atom is -0.474 e. The zero-order valence-electron chi connectivity index (χ0n) is 91.9. The molecule has 0 spiro atoms. The van der Waals surface area contributed by atoms with E-state index < -0.39 is 65.7 Å². The average Bonchev–Trinajstić information content (AvgIpc) is 1.58. The highest BCUT2D eigenvalue weighted by molar-refractivity contribution is 7.90. The number of hydrogen-bond acceptors (Lipinski definition) is 19. The van der Waals surface area contributed by atoms with Gasteiger partial charge in [0.25, 0.3) is 0 Å². The van der Waals surface area contributed by atoms with Gasteiger partial charge in [-0.3, -0.25) is 0 Å². The third-order valence-corrected chi connectivity index (χ3v) is 44.8. The maximum absolute atomic E-state index is 13.4. The number of nitrogens with zero attached hydrogens (tertiary/aromatic N) is 9. The highest BCUT2D eigenvalue weighted by Gasteiger charge is 2.55. The molecule has 0 saturated carbocycles. The van der Waals surface area contributed by atoms with Crippen molar-refractivity contribution in [3.63, 3.8) is 0 Å². The van der Waals surface area contributed by atoms with Crippen LogP contribution in [0.15, 0.2) is 224 Å². The van der Waals surface area contributed by atoms with Crippen LogP contribution in [-0.4, -0.2) is 195 Å². The number of nitriles is 1. The Balaban J connectivity index is 0.000000135. The molecule has 2 aromatic heterocycles. The van der Waals surface area contributed by atoms with Crippen LogP contribution in [0.5, 0.6) is 11.8 Å². The molecule has 0 radical (unpaired) electrons. The number of ether oxygens (including phenoxy) is 3. The van der Waals surface area contributed by atoms with Gasteiger partial charge in [0.05, 0.1) is 46.6 Å². The lowest BCUT2D eigenvalue weighted by atomic mass is 9.87. The Morgan fingerprint density at radius 3 is 0.747 bits per heavy atom. The van der Waals surface area contributed by atoms with Crippen molar-refractivity contribution in [1.82, 2.24) is 35.8 Å². The number of benzene rings is 6. The fourth-order valence-corrected chi connectivity index (χ4v) is 36.1. The predicted molar refractivity (Wildman–Crippen MR) is 591 cm³/mol. The van der Waals surface area contributed by atoms with Gasteiger partial charge in [0.2, 0.25) is 71.9 Å². The zero-order chi connectivity index (χ0) is 109. The van der Waals surface area contributed by atoms with Crippen LogP contribution in [0.25, 0.3) is 0 Å². The van der Waals surface area contributed by atoms with Gasteiger partial charge in [-0.25, -0.2) is 60.5 Å². The molecule has 12 unspecified atom stereocenters. The van der Waals surface area contributed by atoms with Gasteiger partial charge in [-0.05, 0) is 292 Å². The summed E-state index contributed by atoms with van der Waals surface area (Å²) in [4.78, 5) is 10.8. The number of methoxy groups -OCH3 is 1. The summed E-state index contributed by atoms with van der Waals surface area (Å²) < 4.78 is 186. The summed E-state index contributed by atoms with van der Waals surface area (Å²) >= 11 is 0. The van der Waals surface area contributed by atoms with Crippen molar-refractivity contribution < 1.29 is 69.8 Å². The van der Waals surface area contributed by atoms with Crippen molar-refractivity contribution in [1.29, 1.82) is 5.26 Å². The van der Waals surface area contributed by atoms with E-state index in [1.165, 1.54) is 17.3 Å². The minimum absolute atomic E-state index is 0.00510. The average molecular weight is 2170 g/mol. The van der Waals surface area contributed by atoms with Gasteiger partial charge in [-0.15, -0.1) is 6.42 Å². The van der Waals surface area contributed by atoms with E-state index in [9.17, 15) is 55.6 Å². The number of hydrogen-bond donors (Lipinski definition) is 1. The smallest absolute Gasteiger partial charge is 0.243 e. The van der Waals surface area contributed by atoms with Crippen molar-refractivity contribution in [2.45, 2.75) is 451 Å². The summed E-state index contributed by atoms with van der Waals surface area (Å²) in [5.41, 5.74) is 8.57. The molecule has 814 valence electrons. The van der Waals surface area contributed by atoms with Crippen LogP contribution in [0, 0.1) is 29.6 Å². The lowest BCUT2D eigenvalue weighted by Gasteiger charge is -2.41. The van der Waals surface area contributed by atoms with Gasteiger partial charge in [-0.2, -0.15) is 31.1 Å². The van der Waals surface area contributed by atoms with E-state index in [0.717, 1.165) is 143 Å². The Morgan fingerprint density at radius 2 is 0.533 bits per heavy atom. The van der Waals surface area contributed by atoms with Crippen LogP contribution in [0.1, 0.15) is 337 Å². The molecule has 12 aliphatic heterocycles. The van der Waals surface area contributed by atoms with Gasteiger partial charge in [0.15, 0.2) is 0 Å². The van der Waals surface area contributed by atoms with E-state index in [1.54, 1.807) is 132 Å². The summed E-state index contributed by atoms with van der Waals surface area (Å²) in [6.07, 6.45) is 28.5. The van der Waals surface area contributed by atoms with Gasteiger partial charge in [0, 0.05) is 135 Å². The monoisotopic (exact) mass is 2160 g/mol. The molecule has 6 aromatic carbocycles. The topological polar surface area (TPSA) is 322 Å². The number of piperidine rings is 6. The molecule has 0 aliphatic carbocycles. The van der Waals surface area contributed by atoms with Crippen LogP contribution >= 0.6 is 0 Å². The lowest BCUT2D eigenvalue weighted by molar-refractivity contribution is -0.0131. The van der Waals surface area contributed by atoms with Gasteiger partial charge in [0.1, 0.15) is 18.3 Å². The van der Waals surface area contributed by atoms with E-state index >= 15 is 0 Å². The van der Waals surface area contributed by atoms with Crippen molar-refractivity contribution in [3.05, 3.63) is 239 Å². The largest absolute Gasteiger partial charge is 0.474 e. The molecule has 8 aromatic rings. The number of pyridine rings is 2. The minimum atomic E-state index is -3.54. The fourth-order valence-electron chi connectivity index (χ4n) is 24.8. The Labute approximate surface area is 897 Å². The second-order valence-corrected chi connectivity index (χ2v) is 61.4. The second kappa shape index (κ2) is 44.6. The molecule has 25 nitrogen and oxygen atoms in total. The van der Waals surface area contributed by atoms with Crippen LogP contribution in [-0.2, 0) is 97.4 Å². The SMILES string of the molecule is C#Cc1ccc(OC2CC3CCC(C2)N3S(=O)(=O)c2ccc(C(C)(C)C)cc2)nc1.C=C1CC2CCC(C1)N2S(=O)(=O)c1ccc(C(C)(C)C)cc1.CC(C)(C)c1ccc(S(=O)(=O)N2C3CCC2CC(Oc2ccc(C#N)cn2)C3)cc1.CC1(O)CC2CCC(C1)N2S(=O)(=O)c1ccc(C(C)(C)C)cc1.CC1CC2CCC(C1)N2S(=O)(=O)c1ccc(C(C)(C)C)cc1.COC1CC2CCC(C1)N2S(=O)(=O)c1ccc(C(C)(C)C)cc1. The Bertz CT molecular complexity index is 6640. The number of aliphatic hydroxyl groups is 1. The molecule has 12 saturated heterocycles. The van der Waals surface area contributed by atoms with E-state index in [2.05, 4.69) is 154 Å². The number of rotatable bonds is 17. The highest BCUT2D eigenvalue weighted by Crippen LogP contribution is 2.50. The maximum Gasteiger partial charge on any atom is 0.243 e. The zero-order valence-corrected chi connectivity index (χ0v) is 96.8. The van der Waals surface area contributed by atoms with Crippen LogP contribution < -0.4 is 9.47 Å². The molecule has 1 N–H and O–H groups in total. The van der Waals surface area contributed by atoms with Crippen molar-refractivity contribution in [3.8, 4) is 30.2 Å². The number of sulfonamides is 6. The van der Waals surface area contributed by atoms with E-state index in [1.807, 2.05) is 90.1 Å². The number of terminal acetylenes is 1. The van der Waals surface area contributed by atoms with Crippen molar-refractivity contribution in [2.24, 2.45) is 5.92 Å². The molecule has 14 heterocycles. The third-order valence-electron chi connectivity index (χ3n) is 32.7. The fraction of sp³-hybridized carbons (Fsp3) is 0.571. The predicted octanol–water partition coefficient (Wildman–Crippen LogP) is 22.3. The van der Waals surface area contributed by atoms with Crippen LogP contribution in [0.3, 0.4) is 0 Å². The maximum atomic E-state index is 13.4. The third kappa shape index (κ3) is 25.8. The Hall–Kier alpha value is -8.61. The molecule has 150 heavy (non-hydrogen) atoms. The first kappa shape index (κ1) is 115. The second-order valence-electron chi connectivity index (χ2n) is 50.4. The molecule has 12 aliphatic rings. The lowest BCUT2D eigenvalue weighted by Crippen LogP contribution is -2.51. The highest BCUT2D eigenvalue weighted by atomic mass is 32.2. The first-order valence-electron chi connectivity index (χ1n) is 53.9. The molecule has 31 heteroatoms. The van der Waals surface area contributed by atoms with Gasteiger partial charge < -0.3 is 19.3 Å². The van der Waals surface area contributed by atoms with E-state index in [-0.39, 0.29) is 123 Å². The molecule has 12 fully saturated rings. The summed E-state index contributed by atoms with van der Waals surface area (Å²) in [5.74, 6) is 4.20. The molecule has 12 atom stereocenters. The number of aromatic nitrogens is 2. The van der Waals surface area contributed by atoms with E-state index in [0.29, 0.717) is 96.7 Å². The summed E-state index contributed by atoms with van der Waals surface area (Å²) in [6, 6.07) is 53.7. The molecular weight excluding hydrogens is 2000 g/mol. The molecule has 12 bridgehead atoms. The quantitative estimate of drug-likeness (QED) is 0.0654. The van der Waals surface area contributed by atoms with Crippen LogP contribution in [0.2, 0.25) is 0 Å². The standard InChI is InChI=1S/C24H28N2O3S.C23H27N3O3S.2C18H27NO3S.C18H27NO2S.C18H25NO2S/c1-5-17-6-13-23(25-16-17)29-21-14-19-9-10-20(15-21)26(19)30(27,28)22-11-7-18(8-12-22)24(2,3)4;1-23(2,3)17-5-9-21(10-6-17)30(27,28)26-18-7-8-19(26)13-20(12-18)29-22-11-4-16(14-24)15-25-22;1-18(2,3)13-5-9-17(10-6-13)23(20,21)19-14-7-8-15(19)12-16(11-14)22-4;1-17(2,3)13-5-9-16(10-6-13)23(21,22)19-14-7-8-15(19)12-18(4,20)11-14;2*1-13-11-15-7-8-16(12-13)19(15)22(20,21)17-9-5-14(6-10-17)18(2,3)4/h1,6-8,11-13,16,19-21H,9-10,14-15H2,2-4H3;4-6,9-11,15,18-20H,7-8,12-13H2,1-3H3;5-6,9-10,14-16H,7-8,11-12H2,1-4H3;5-6,9-10,14-15,20H,7-8,11-12H2,1-4H3;5-6,9-10,13,15-16H,7-8,11-12H2,1-4H3;5-6,9-10,15-16H,1,7-8,11-12H2,2-4H3. The summed E-state index contributed by atoms with van der Waals surface area (Å²) in [6.45, 7) is 46.4. The normalized spacial score (nSPS) is 27.4. The Kier molecular flexibility index (Phi) is 34.3. The van der Waals surface area contributed by atoms with Gasteiger partial charge >= 0.3 is 0 Å². The first-order valence-corrected chi connectivity index (χ1v) is 62.5.